The second-order valence-corrected chi connectivity index (χ2v) is 7.17. The van der Waals surface area contributed by atoms with Crippen LogP contribution >= 0.6 is 11.3 Å². The molecule has 0 bridgehead atoms. The predicted octanol–water partition coefficient (Wildman–Crippen LogP) is 2.85. The van der Waals surface area contributed by atoms with Crippen molar-refractivity contribution in [2.45, 2.75) is 13.5 Å². The molecule has 0 atom stereocenters. The first-order chi connectivity index (χ1) is 14.1. The molecule has 0 saturated heterocycles. The first-order valence-electron chi connectivity index (χ1n) is 8.73. The number of hydrogen-bond donors (Lipinski definition) is 0. The summed E-state index contributed by atoms with van der Waals surface area (Å²) in [5.41, 5.74) is 4.42. The summed E-state index contributed by atoms with van der Waals surface area (Å²) in [6.07, 6.45) is 0. The molecule has 4 aromatic rings. The van der Waals surface area contributed by atoms with Crippen molar-refractivity contribution in [3.63, 3.8) is 0 Å². The molecule has 0 aliphatic carbocycles. The van der Waals surface area contributed by atoms with Crippen LogP contribution in [0.1, 0.15) is 16.7 Å². The minimum atomic E-state index is -0.325. The molecule has 0 radical (unpaired) electrons. The fourth-order valence-electron chi connectivity index (χ4n) is 2.84. The van der Waals surface area contributed by atoms with E-state index in [1.807, 2.05) is 42.6 Å². The molecule has 0 amide bonds. The Morgan fingerprint density at radius 2 is 1.97 bits per heavy atom. The topological polar surface area (TPSA) is 98.6 Å². The van der Waals surface area contributed by atoms with Crippen molar-refractivity contribution in [3.05, 3.63) is 75.0 Å². The lowest BCUT2D eigenvalue weighted by atomic mass is 10.1. The molecule has 0 N–H and O–H groups in total. The highest BCUT2D eigenvalue weighted by Gasteiger charge is 2.14. The maximum absolute atomic E-state index is 12.2. The van der Waals surface area contributed by atoms with Crippen molar-refractivity contribution in [1.29, 1.82) is 5.26 Å². The van der Waals surface area contributed by atoms with Gasteiger partial charge in [-0.05, 0) is 41.1 Å². The number of ether oxygens (including phenoxy) is 1. The molecular weight excluding hydrogens is 388 g/mol. The van der Waals surface area contributed by atoms with Gasteiger partial charge in [-0.15, -0.1) is 0 Å². The van der Waals surface area contributed by atoms with Gasteiger partial charge < -0.3 is 4.74 Å². The van der Waals surface area contributed by atoms with Crippen molar-refractivity contribution in [2.24, 2.45) is 7.05 Å². The Balaban J connectivity index is 1.57. The Hall–Kier alpha value is -3.77. The third kappa shape index (κ3) is 3.66. The minimum absolute atomic E-state index is 0.241. The van der Waals surface area contributed by atoms with Gasteiger partial charge in [0.1, 0.15) is 6.61 Å². The summed E-state index contributed by atoms with van der Waals surface area (Å²) < 4.78 is 8.35. The summed E-state index contributed by atoms with van der Waals surface area (Å²) in [7, 11) is 1.55. The number of aromatic nitrogens is 5. The molecule has 0 aliphatic heterocycles. The lowest BCUT2D eigenvalue weighted by molar-refractivity contribution is 0.303. The van der Waals surface area contributed by atoms with Gasteiger partial charge in [0.05, 0.1) is 23.0 Å². The second kappa shape index (κ2) is 7.69. The molecule has 9 heteroatoms. The zero-order valence-corrected chi connectivity index (χ0v) is 16.6. The van der Waals surface area contributed by atoms with Gasteiger partial charge in [0, 0.05) is 23.6 Å². The average Bonchev–Trinajstić information content (AvgIpc) is 3.34. The molecule has 0 saturated carbocycles. The maximum Gasteiger partial charge on any atom is 0.368 e. The minimum Gasteiger partial charge on any atom is -0.465 e. The summed E-state index contributed by atoms with van der Waals surface area (Å²) in [6.45, 7) is 2.19. The molecule has 2 heterocycles. The van der Waals surface area contributed by atoms with E-state index in [4.69, 9.17) is 10.00 Å². The lowest BCUT2D eigenvalue weighted by Crippen LogP contribution is -2.23. The zero-order chi connectivity index (χ0) is 20.4. The number of nitriles is 1. The fraction of sp³-hybridized carbons (Fsp3) is 0.150. The number of nitrogens with zero attached hydrogens (tertiary/aromatic N) is 6. The van der Waals surface area contributed by atoms with E-state index in [2.05, 4.69) is 21.5 Å². The van der Waals surface area contributed by atoms with Crippen LogP contribution < -0.4 is 10.4 Å². The molecule has 0 aliphatic rings. The number of rotatable bonds is 5. The number of benzene rings is 2. The Labute approximate surface area is 170 Å². The zero-order valence-electron chi connectivity index (χ0n) is 15.7. The van der Waals surface area contributed by atoms with Crippen LogP contribution in [0.3, 0.4) is 0 Å². The van der Waals surface area contributed by atoms with Crippen LogP contribution in [0, 0.1) is 18.3 Å². The van der Waals surface area contributed by atoms with Crippen molar-refractivity contribution in [1.82, 2.24) is 24.8 Å². The van der Waals surface area contributed by atoms with Gasteiger partial charge in [0.15, 0.2) is 0 Å². The van der Waals surface area contributed by atoms with Crippen LogP contribution in [0.15, 0.2) is 52.6 Å². The highest BCUT2D eigenvalue weighted by Crippen LogP contribution is 2.28. The number of tetrazole rings is 1. The molecule has 8 nitrogen and oxygen atoms in total. The highest BCUT2D eigenvalue weighted by molar-refractivity contribution is 7.11. The first-order valence-corrected chi connectivity index (χ1v) is 9.61. The third-order valence-corrected chi connectivity index (χ3v) is 5.22. The third-order valence-electron chi connectivity index (χ3n) is 4.47. The summed E-state index contributed by atoms with van der Waals surface area (Å²) in [5.74, 6) is 0. The standard InChI is InChI=1S/C20H16N6O2S/c1-13-4-3-5-18(26-20(27)25(2)23-24-26)16(13)11-28-19-22-17(12-29-19)15-8-6-14(10-21)7-9-15/h3-9,12H,11H2,1-2H3. The van der Waals surface area contributed by atoms with Gasteiger partial charge in [0.25, 0.3) is 5.19 Å². The molecule has 4 rings (SSSR count). The molecule has 0 spiro atoms. The van der Waals surface area contributed by atoms with E-state index in [0.29, 0.717) is 16.4 Å². The normalized spacial score (nSPS) is 10.7. The smallest absolute Gasteiger partial charge is 0.368 e. The van der Waals surface area contributed by atoms with Gasteiger partial charge >= 0.3 is 5.69 Å². The van der Waals surface area contributed by atoms with Crippen molar-refractivity contribution in [2.75, 3.05) is 0 Å². The average molecular weight is 404 g/mol. The number of aryl methyl sites for hydroxylation is 2. The summed E-state index contributed by atoms with van der Waals surface area (Å²) in [6, 6.07) is 15.0. The maximum atomic E-state index is 12.2. The molecular formula is C20H16N6O2S. The van der Waals surface area contributed by atoms with Crippen molar-refractivity contribution in [3.8, 4) is 28.2 Å². The van der Waals surface area contributed by atoms with E-state index >= 15 is 0 Å². The molecule has 2 aromatic heterocycles. The van der Waals surface area contributed by atoms with Crippen molar-refractivity contribution < 1.29 is 4.74 Å². The molecule has 0 fully saturated rings. The van der Waals surface area contributed by atoms with Gasteiger partial charge in [0.2, 0.25) is 0 Å². The lowest BCUT2D eigenvalue weighted by Gasteiger charge is -2.11. The van der Waals surface area contributed by atoms with E-state index in [0.717, 1.165) is 22.4 Å². The number of hydrogen-bond acceptors (Lipinski definition) is 7. The predicted molar refractivity (Wildman–Crippen MR) is 108 cm³/mol. The molecule has 0 unspecified atom stereocenters. The van der Waals surface area contributed by atoms with Gasteiger partial charge in [-0.3, -0.25) is 0 Å². The Morgan fingerprint density at radius 3 is 2.66 bits per heavy atom. The SMILES string of the molecule is Cc1cccc(-n2nnn(C)c2=O)c1COc1nc(-c2ccc(C#N)cc2)cs1. The van der Waals surface area contributed by atoms with Crippen LogP contribution in [0.4, 0.5) is 0 Å². The Bertz CT molecular complexity index is 1260. The summed E-state index contributed by atoms with van der Waals surface area (Å²) in [4.78, 5) is 16.8. The summed E-state index contributed by atoms with van der Waals surface area (Å²) in [5, 5.41) is 19.0. The summed E-state index contributed by atoms with van der Waals surface area (Å²) >= 11 is 1.39. The van der Waals surface area contributed by atoms with Crippen LogP contribution in [0.5, 0.6) is 5.19 Å². The second-order valence-electron chi connectivity index (χ2n) is 6.35. The monoisotopic (exact) mass is 404 g/mol. The number of thiazole rings is 1. The van der Waals surface area contributed by atoms with E-state index in [1.165, 1.54) is 20.7 Å². The highest BCUT2D eigenvalue weighted by atomic mass is 32.1. The quantitative estimate of drug-likeness (QED) is 0.507. The van der Waals surface area contributed by atoms with Crippen LogP contribution in [-0.2, 0) is 13.7 Å². The van der Waals surface area contributed by atoms with E-state index in [-0.39, 0.29) is 12.3 Å². The largest absolute Gasteiger partial charge is 0.465 e. The van der Waals surface area contributed by atoms with Crippen molar-refractivity contribution >= 4 is 11.3 Å². The van der Waals surface area contributed by atoms with E-state index in [1.54, 1.807) is 19.2 Å². The molecule has 2 aromatic carbocycles. The van der Waals surface area contributed by atoms with Crippen LogP contribution in [0.25, 0.3) is 16.9 Å². The van der Waals surface area contributed by atoms with Gasteiger partial charge in [-0.1, -0.05) is 35.6 Å². The Morgan fingerprint density at radius 1 is 1.17 bits per heavy atom. The van der Waals surface area contributed by atoms with Crippen LogP contribution in [0.2, 0.25) is 0 Å². The molecule has 29 heavy (non-hydrogen) atoms. The Kier molecular flexibility index (Phi) is 4.93. The van der Waals surface area contributed by atoms with E-state index in [9.17, 15) is 4.79 Å². The fourth-order valence-corrected chi connectivity index (χ4v) is 3.52. The molecule has 144 valence electrons. The van der Waals surface area contributed by atoms with Gasteiger partial charge in [-0.25, -0.2) is 9.78 Å². The van der Waals surface area contributed by atoms with Gasteiger partial charge in [-0.2, -0.15) is 14.6 Å². The first kappa shape index (κ1) is 18.6. The van der Waals surface area contributed by atoms with Crippen LogP contribution in [-0.4, -0.2) is 24.8 Å². The van der Waals surface area contributed by atoms with E-state index < -0.39 is 0 Å².